The van der Waals surface area contributed by atoms with E-state index in [4.69, 9.17) is 5.73 Å². The highest BCUT2D eigenvalue weighted by Crippen LogP contribution is 2.53. The van der Waals surface area contributed by atoms with E-state index in [1.165, 1.54) is 0 Å². The lowest BCUT2D eigenvalue weighted by atomic mass is 9.64. The van der Waals surface area contributed by atoms with Crippen LogP contribution in [0.3, 0.4) is 0 Å². The summed E-state index contributed by atoms with van der Waals surface area (Å²) in [6.45, 7) is 1.81. The van der Waals surface area contributed by atoms with Gasteiger partial charge in [0.1, 0.15) is 0 Å². The van der Waals surface area contributed by atoms with Crippen LogP contribution in [0.25, 0.3) is 0 Å². The minimum atomic E-state index is -2.71. The summed E-state index contributed by atoms with van der Waals surface area (Å²) in [6, 6.07) is 0.257. The molecule has 3 nitrogen and oxygen atoms in total. The van der Waals surface area contributed by atoms with Crippen LogP contribution in [0.1, 0.15) is 19.8 Å². The summed E-state index contributed by atoms with van der Waals surface area (Å²) in [5.74, 6) is 0.384. The van der Waals surface area contributed by atoms with E-state index in [1.807, 2.05) is 6.92 Å². The second-order valence-corrected chi connectivity index (χ2v) is 6.30. The van der Waals surface area contributed by atoms with Gasteiger partial charge in [-0.1, -0.05) is 0 Å². The van der Waals surface area contributed by atoms with Crippen LogP contribution in [0.4, 0.5) is 0 Å². The molecular weight excluding hydrogens is 162 g/mol. The molecule has 1 spiro atoms. The molecule has 1 unspecified atom stereocenters. The molecule has 0 aromatic heterocycles. The molecule has 1 atom stereocenters. The maximum absolute atomic E-state index is 11.1. The maximum Gasteiger partial charge on any atom is 0.154 e. The lowest BCUT2D eigenvalue weighted by Crippen LogP contribution is -2.65. The summed E-state index contributed by atoms with van der Waals surface area (Å²) in [5.41, 5.74) is 5.72. The van der Waals surface area contributed by atoms with Gasteiger partial charge in [-0.25, -0.2) is 8.42 Å². The summed E-state index contributed by atoms with van der Waals surface area (Å²) in [7, 11) is -2.71. The molecule has 1 aliphatic carbocycles. The van der Waals surface area contributed by atoms with Crippen LogP contribution in [0.5, 0.6) is 0 Å². The number of rotatable bonds is 0. The van der Waals surface area contributed by atoms with Gasteiger partial charge in [0, 0.05) is 11.5 Å². The fourth-order valence-electron chi connectivity index (χ4n) is 2.36. The number of hydrogen-bond acceptors (Lipinski definition) is 3. The van der Waals surface area contributed by atoms with Crippen molar-refractivity contribution < 1.29 is 8.42 Å². The highest BCUT2D eigenvalue weighted by Gasteiger charge is 2.61. The second-order valence-electron chi connectivity index (χ2n) is 3.98. The molecule has 0 aromatic carbocycles. The van der Waals surface area contributed by atoms with Crippen LogP contribution in [0, 0.1) is 5.41 Å². The highest BCUT2D eigenvalue weighted by molar-refractivity contribution is 7.93. The largest absolute Gasteiger partial charge is 0.328 e. The van der Waals surface area contributed by atoms with Crippen molar-refractivity contribution in [3.8, 4) is 0 Å². The van der Waals surface area contributed by atoms with Crippen molar-refractivity contribution >= 4 is 9.84 Å². The van der Waals surface area contributed by atoms with Crippen molar-refractivity contribution in [2.75, 3.05) is 5.75 Å². The Bertz CT molecular complexity index is 277. The zero-order valence-electron chi connectivity index (χ0n) is 6.58. The quantitative estimate of drug-likeness (QED) is 0.560. The van der Waals surface area contributed by atoms with Crippen molar-refractivity contribution in [2.45, 2.75) is 31.1 Å². The molecule has 0 radical (unpaired) electrons. The van der Waals surface area contributed by atoms with E-state index in [-0.39, 0.29) is 16.7 Å². The molecular formula is C7H13NO2S. The number of nitrogens with two attached hydrogens (primary N) is 1. The minimum absolute atomic E-state index is 0.0955. The molecule has 2 fully saturated rings. The Morgan fingerprint density at radius 3 is 2.27 bits per heavy atom. The molecule has 64 valence electrons. The number of hydrogen-bond donors (Lipinski definition) is 1. The van der Waals surface area contributed by atoms with Gasteiger partial charge < -0.3 is 5.73 Å². The minimum Gasteiger partial charge on any atom is -0.328 e. The first-order valence-electron chi connectivity index (χ1n) is 3.93. The van der Waals surface area contributed by atoms with Crippen LogP contribution >= 0.6 is 0 Å². The Morgan fingerprint density at radius 1 is 1.45 bits per heavy atom. The molecule has 1 saturated heterocycles. The third-order valence-electron chi connectivity index (χ3n) is 3.23. The van der Waals surface area contributed by atoms with E-state index in [0.29, 0.717) is 5.75 Å². The molecule has 11 heavy (non-hydrogen) atoms. The average molecular weight is 175 g/mol. The maximum atomic E-state index is 11.1. The van der Waals surface area contributed by atoms with E-state index in [1.54, 1.807) is 0 Å². The smallest absolute Gasteiger partial charge is 0.154 e. The van der Waals surface area contributed by atoms with Crippen molar-refractivity contribution in [3.05, 3.63) is 0 Å². The molecule has 2 rings (SSSR count). The monoisotopic (exact) mass is 175 g/mol. The molecule has 1 heterocycles. The van der Waals surface area contributed by atoms with Crippen molar-refractivity contribution in [1.82, 2.24) is 0 Å². The van der Waals surface area contributed by atoms with E-state index in [0.717, 1.165) is 12.8 Å². The zero-order valence-corrected chi connectivity index (χ0v) is 7.39. The molecule has 0 amide bonds. The predicted molar refractivity (Wildman–Crippen MR) is 42.9 cm³/mol. The summed E-state index contributed by atoms with van der Waals surface area (Å²) in [5, 5.41) is -0.130. The average Bonchev–Trinajstić information content (AvgIpc) is 1.83. The van der Waals surface area contributed by atoms with Gasteiger partial charge in [0.15, 0.2) is 9.84 Å². The highest BCUT2D eigenvalue weighted by atomic mass is 32.2. The van der Waals surface area contributed by atoms with Crippen LogP contribution in [0.2, 0.25) is 0 Å². The molecule has 0 bridgehead atoms. The summed E-state index contributed by atoms with van der Waals surface area (Å²) >= 11 is 0. The van der Waals surface area contributed by atoms with Gasteiger partial charge in [0.25, 0.3) is 0 Å². The Balaban J connectivity index is 2.14. The van der Waals surface area contributed by atoms with Crippen molar-refractivity contribution in [1.29, 1.82) is 0 Å². The molecule has 2 aliphatic rings. The zero-order chi connectivity index (χ0) is 8.28. The third kappa shape index (κ3) is 0.796. The van der Waals surface area contributed by atoms with E-state index < -0.39 is 9.84 Å². The van der Waals surface area contributed by atoms with Gasteiger partial charge in [-0.3, -0.25) is 0 Å². The lowest BCUT2D eigenvalue weighted by Gasteiger charge is -2.56. The predicted octanol–water partition coefficient (Wildman–Crippen LogP) is -0.0892. The number of sulfone groups is 1. The van der Waals surface area contributed by atoms with E-state index >= 15 is 0 Å². The Kier molecular flexibility index (Phi) is 1.24. The van der Waals surface area contributed by atoms with Crippen LogP contribution in [-0.4, -0.2) is 25.5 Å². The first kappa shape index (κ1) is 7.55. The normalized spacial score (nSPS) is 53.3. The Labute approximate surface area is 66.9 Å². The van der Waals surface area contributed by atoms with Crippen molar-refractivity contribution in [3.63, 3.8) is 0 Å². The molecule has 2 N–H and O–H groups in total. The van der Waals surface area contributed by atoms with E-state index in [2.05, 4.69) is 0 Å². The Morgan fingerprint density at radius 2 is 2.00 bits per heavy atom. The van der Waals surface area contributed by atoms with Crippen LogP contribution in [-0.2, 0) is 9.84 Å². The molecule has 4 heteroatoms. The first-order valence-corrected chi connectivity index (χ1v) is 5.65. The fourth-order valence-corrected chi connectivity index (χ4v) is 4.64. The Hall–Kier alpha value is -0.0900. The fraction of sp³-hybridized carbons (Fsp3) is 1.00. The summed E-state index contributed by atoms with van der Waals surface area (Å²) < 4.78 is 22.2. The summed E-state index contributed by atoms with van der Waals surface area (Å²) in [6.07, 6.45) is 1.82. The third-order valence-corrected chi connectivity index (χ3v) is 5.78. The van der Waals surface area contributed by atoms with Gasteiger partial charge in [-0.05, 0) is 19.8 Å². The second kappa shape index (κ2) is 1.80. The lowest BCUT2D eigenvalue weighted by molar-refractivity contribution is 0.107. The molecule has 1 saturated carbocycles. The summed E-state index contributed by atoms with van der Waals surface area (Å²) in [4.78, 5) is 0. The topological polar surface area (TPSA) is 60.2 Å². The van der Waals surface area contributed by atoms with Gasteiger partial charge in [-0.15, -0.1) is 0 Å². The van der Waals surface area contributed by atoms with Gasteiger partial charge in [-0.2, -0.15) is 0 Å². The van der Waals surface area contributed by atoms with Crippen molar-refractivity contribution in [2.24, 2.45) is 11.1 Å². The molecule has 0 aromatic rings. The van der Waals surface area contributed by atoms with Crippen LogP contribution < -0.4 is 5.73 Å². The van der Waals surface area contributed by atoms with Gasteiger partial charge >= 0.3 is 0 Å². The first-order chi connectivity index (χ1) is 4.96. The standard InChI is InChI=1S/C7H13NO2S/c1-5-7(2-6(8)3-7)4-11(5,9)10/h5-6H,2-4,8H2,1H3. The van der Waals surface area contributed by atoms with Gasteiger partial charge in [0.2, 0.25) is 0 Å². The molecule has 1 aliphatic heterocycles. The van der Waals surface area contributed by atoms with Gasteiger partial charge in [0.05, 0.1) is 11.0 Å². The van der Waals surface area contributed by atoms with Crippen LogP contribution in [0.15, 0.2) is 0 Å². The SMILES string of the molecule is CC1C2(CC(N)C2)CS1(=O)=O. The van der Waals surface area contributed by atoms with E-state index in [9.17, 15) is 8.42 Å².